The topological polar surface area (TPSA) is 105 Å². The number of likely N-dealkylation sites (N-methyl/N-ethyl adjacent to an activating group) is 1. The van der Waals surface area contributed by atoms with Gasteiger partial charge in [0.2, 0.25) is 11.8 Å². The van der Waals surface area contributed by atoms with E-state index in [9.17, 15) is 26.8 Å². The Labute approximate surface area is 260 Å². The lowest BCUT2D eigenvalue weighted by molar-refractivity contribution is -0.139. The van der Waals surface area contributed by atoms with Crippen LogP contribution < -0.4 is 19.1 Å². The van der Waals surface area contributed by atoms with Gasteiger partial charge in [-0.15, -0.1) is 0 Å². The van der Waals surface area contributed by atoms with E-state index >= 15 is 0 Å². The van der Waals surface area contributed by atoms with E-state index in [0.29, 0.717) is 17.9 Å². The minimum atomic E-state index is -4.44. The minimum Gasteiger partial charge on any atom is -0.486 e. The summed E-state index contributed by atoms with van der Waals surface area (Å²) in [5.41, 5.74) is 1.32. The van der Waals surface area contributed by atoms with Gasteiger partial charge in [-0.05, 0) is 59.7 Å². The molecule has 1 atom stereocenters. The van der Waals surface area contributed by atoms with Crippen LogP contribution in [0.3, 0.4) is 0 Å². The number of hydrogen-bond donors (Lipinski definition) is 1. The van der Waals surface area contributed by atoms with E-state index in [4.69, 9.17) is 9.47 Å². The second-order valence-corrected chi connectivity index (χ2v) is 12.1. The quantitative estimate of drug-likeness (QED) is 0.263. The molecule has 0 bridgehead atoms. The van der Waals surface area contributed by atoms with Crippen molar-refractivity contribution in [3.63, 3.8) is 0 Å². The summed E-state index contributed by atoms with van der Waals surface area (Å²) in [6.07, 6.45) is 0.124. The minimum absolute atomic E-state index is 0.0286. The SMILES string of the molecule is CNC(=O)C(Cc1ccccc1)N(Cc1ccc(F)cc1)C(=O)CN(c1ccc(F)cc1)S(=O)(=O)c1ccc2c(c1)OCCO2. The van der Waals surface area contributed by atoms with Gasteiger partial charge in [0.15, 0.2) is 11.5 Å². The molecule has 45 heavy (non-hydrogen) atoms. The molecule has 4 aromatic carbocycles. The summed E-state index contributed by atoms with van der Waals surface area (Å²) in [4.78, 5) is 28.7. The third kappa shape index (κ3) is 7.40. The van der Waals surface area contributed by atoms with Gasteiger partial charge in [-0.2, -0.15) is 0 Å². The average Bonchev–Trinajstić information content (AvgIpc) is 3.06. The molecule has 5 rings (SSSR count). The number of sulfonamides is 1. The van der Waals surface area contributed by atoms with E-state index in [-0.39, 0.29) is 35.9 Å². The average molecular weight is 636 g/mol. The summed E-state index contributed by atoms with van der Waals surface area (Å²) >= 11 is 0. The van der Waals surface area contributed by atoms with Crippen molar-refractivity contribution in [1.29, 1.82) is 0 Å². The van der Waals surface area contributed by atoms with Crippen LogP contribution in [0.2, 0.25) is 0 Å². The van der Waals surface area contributed by atoms with Crippen LogP contribution in [0.4, 0.5) is 14.5 Å². The summed E-state index contributed by atoms with van der Waals surface area (Å²) in [5, 5.41) is 2.60. The summed E-state index contributed by atoms with van der Waals surface area (Å²) in [6.45, 7) is -0.302. The number of nitrogens with zero attached hydrogens (tertiary/aromatic N) is 2. The lowest BCUT2D eigenvalue weighted by Gasteiger charge is -2.33. The number of carbonyl (C=O) groups is 2. The highest BCUT2D eigenvalue weighted by Gasteiger charge is 2.35. The third-order valence-corrected chi connectivity index (χ3v) is 9.05. The number of rotatable bonds is 11. The molecular weight excluding hydrogens is 604 g/mol. The number of nitrogens with one attached hydrogen (secondary N) is 1. The second kappa shape index (κ2) is 13.8. The maximum Gasteiger partial charge on any atom is 0.264 e. The molecule has 0 spiro atoms. The molecule has 234 valence electrons. The Morgan fingerprint density at radius 1 is 0.822 bits per heavy atom. The molecule has 1 heterocycles. The fourth-order valence-corrected chi connectivity index (χ4v) is 6.38. The molecule has 2 amide bonds. The zero-order valence-electron chi connectivity index (χ0n) is 24.4. The van der Waals surface area contributed by atoms with Crippen LogP contribution >= 0.6 is 0 Å². The number of benzene rings is 4. The molecule has 9 nitrogen and oxygen atoms in total. The molecule has 0 radical (unpaired) electrons. The maximum atomic E-state index is 14.3. The monoisotopic (exact) mass is 635 g/mol. The first-order valence-electron chi connectivity index (χ1n) is 14.1. The van der Waals surface area contributed by atoms with Crippen LogP contribution in [-0.4, -0.2) is 58.0 Å². The highest BCUT2D eigenvalue weighted by Crippen LogP contribution is 2.34. The van der Waals surface area contributed by atoms with E-state index in [2.05, 4.69) is 5.32 Å². The normalized spacial score (nSPS) is 13.0. The van der Waals surface area contributed by atoms with Gasteiger partial charge in [0.25, 0.3) is 10.0 Å². The van der Waals surface area contributed by atoms with E-state index in [1.165, 1.54) is 66.5 Å². The molecule has 1 unspecified atom stereocenters. The molecule has 0 fully saturated rings. The predicted octanol–water partition coefficient (Wildman–Crippen LogP) is 4.32. The van der Waals surface area contributed by atoms with E-state index < -0.39 is 46.1 Å². The Morgan fingerprint density at radius 2 is 1.44 bits per heavy atom. The smallest absolute Gasteiger partial charge is 0.264 e. The van der Waals surface area contributed by atoms with Gasteiger partial charge >= 0.3 is 0 Å². The van der Waals surface area contributed by atoms with Crippen molar-refractivity contribution in [2.75, 3.05) is 31.1 Å². The highest BCUT2D eigenvalue weighted by molar-refractivity contribution is 7.92. The van der Waals surface area contributed by atoms with Crippen LogP contribution in [0.15, 0.2) is 102 Å². The summed E-state index contributed by atoms with van der Waals surface area (Å²) < 4.78 is 67.9. The Morgan fingerprint density at radius 3 is 2.09 bits per heavy atom. The van der Waals surface area contributed by atoms with Gasteiger partial charge in [-0.1, -0.05) is 42.5 Å². The largest absolute Gasteiger partial charge is 0.486 e. The number of amides is 2. The van der Waals surface area contributed by atoms with Gasteiger partial charge < -0.3 is 19.7 Å². The Kier molecular flexibility index (Phi) is 9.62. The standard InChI is InChI=1S/C33H31F2N3O6S/c1-36-33(40)29(19-23-5-3-2-4-6-23)37(21-24-7-9-25(34)10-8-24)32(39)22-38(27-13-11-26(35)12-14-27)45(41,42)28-15-16-30-31(20-28)44-18-17-43-30/h2-16,20,29H,17-19,21-22H2,1H3,(H,36,40). The molecule has 0 saturated carbocycles. The highest BCUT2D eigenvalue weighted by atomic mass is 32.2. The molecule has 0 saturated heterocycles. The summed E-state index contributed by atoms with van der Waals surface area (Å²) in [5.74, 6) is -1.65. The fourth-order valence-electron chi connectivity index (χ4n) is 4.95. The fraction of sp³-hybridized carbons (Fsp3) is 0.212. The molecule has 0 aromatic heterocycles. The van der Waals surface area contributed by atoms with Crippen molar-refractivity contribution in [1.82, 2.24) is 10.2 Å². The van der Waals surface area contributed by atoms with Crippen molar-refractivity contribution in [3.8, 4) is 11.5 Å². The molecule has 1 N–H and O–H groups in total. The third-order valence-electron chi connectivity index (χ3n) is 7.28. The first kappa shape index (κ1) is 31.5. The number of carbonyl (C=O) groups excluding carboxylic acids is 2. The number of halogens is 2. The van der Waals surface area contributed by atoms with Gasteiger partial charge in [0.05, 0.1) is 10.6 Å². The lowest BCUT2D eigenvalue weighted by atomic mass is 10.0. The first-order chi connectivity index (χ1) is 21.7. The van der Waals surface area contributed by atoms with E-state index in [1.807, 2.05) is 18.2 Å². The van der Waals surface area contributed by atoms with Gasteiger partial charge in [0.1, 0.15) is 37.4 Å². The number of fused-ring (bicyclic) bond motifs is 1. The lowest BCUT2D eigenvalue weighted by Crippen LogP contribution is -2.53. The van der Waals surface area contributed by atoms with Crippen molar-refractivity contribution < 1.29 is 36.3 Å². The van der Waals surface area contributed by atoms with E-state index in [0.717, 1.165) is 22.0 Å². The molecule has 1 aliphatic heterocycles. The molecule has 4 aromatic rings. The molecule has 12 heteroatoms. The van der Waals surface area contributed by atoms with Crippen LogP contribution in [-0.2, 0) is 32.6 Å². The number of anilines is 1. The Bertz CT molecular complexity index is 1750. The van der Waals surface area contributed by atoms with Crippen molar-refractivity contribution in [3.05, 3.63) is 120 Å². The van der Waals surface area contributed by atoms with Gasteiger partial charge in [-0.3, -0.25) is 13.9 Å². The van der Waals surface area contributed by atoms with E-state index in [1.54, 1.807) is 12.1 Å². The molecule has 1 aliphatic rings. The number of hydrogen-bond acceptors (Lipinski definition) is 6. The van der Waals surface area contributed by atoms with Crippen LogP contribution in [0, 0.1) is 11.6 Å². The Hall–Kier alpha value is -4.97. The zero-order valence-corrected chi connectivity index (χ0v) is 25.2. The van der Waals surface area contributed by atoms with Crippen LogP contribution in [0.25, 0.3) is 0 Å². The van der Waals surface area contributed by atoms with Crippen molar-refractivity contribution in [2.24, 2.45) is 0 Å². The summed E-state index contributed by atoms with van der Waals surface area (Å²) in [7, 11) is -3.00. The first-order valence-corrected chi connectivity index (χ1v) is 15.6. The predicted molar refractivity (Wildman–Crippen MR) is 163 cm³/mol. The number of ether oxygens (including phenoxy) is 2. The molecular formula is C33H31F2N3O6S. The maximum absolute atomic E-state index is 14.3. The zero-order chi connectivity index (χ0) is 32.0. The second-order valence-electron chi connectivity index (χ2n) is 10.3. The molecule has 0 aliphatic carbocycles. The van der Waals surface area contributed by atoms with Crippen LogP contribution in [0.5, 0.6) is 11.5 Å². The van der Waals surface area contributed by atoms with Crippen molar-refractivity contribution >= 4 is 27.5 Å². The van der Waals surface area contributed by atoms with Crippen LogP contribution in [0.1, 0.15) is 11.1 Å². The van der Waals surface area contributed by atoms with Crippen molar-refractivity contribution in [2.45, 2.75) is 23.9 Å². The van der Waals surface area contributed by atoms with Gasteiger partial charge in [0, 0.05) is 26.1 Å². The Balaban J connectivity index is 1.55. The summed E-state index contributed by atoms with van der Waals surface area (Å²) in [6, 6.07) is 22.3. The van der Waals surface area contributed by atoms with Gasteiger partial charge in [-0.25, -0.2) is 17.2 Å².